The third-order valence-corrected chi connectivity index (χ3v) is 7.85. The van der Waals surface area contributed by atoms with Crippen LogP contribution in [0.25, 0.3) is 0 Å². The summed E-state index contributed by atoms with van der Waals surface area (Å²) in [6, 6.07) is 8.66. The maximum absolute atomic E-state index is 12.2. The monoisotopic (exact) mass is 420 g/mol. The van der Waals surface area contributed by atoms with Crippen LogP contribution in [0.5, 0.6) is 5.75 Å². The Labute approximate surface area is 178 Å². The summed E-state index contributed by atoms with van der Waals surface area (Å²) in [5.41, 5.74) is 1.23. The Morgan fingerprint density at radius 1 is 1.34 bits per heavy atom. The van der Waals surface area contributed by atoms with Crippen molar-refractivity contribution in [3.05, 3.63) is 24.3 Å². The van der Waals surface area contributed by atoms with E-state index in [-0.39, 0.29) is 0 Å². The number of benzene rings is 1. The zero-order chi connectivity index (χ0) is 20.6. The van der Waals surface area contributed by atoms with Gasteiger partial charge in [-0.1, -0.05) is 19.4 Å². The normalized spacial score (nSPS) is 26.2. The number of methoxy groups -OCH3 is 1. The first kappa shape index (κ1) is 21.9. The molecule has 0 bridgehead atoms. The van der Waals surface area contributed by atoms with Crippen LogP contribution in [-0.4, -0.2) is 61.0 Å². The van der Waals surface area contributed by atoms with Gasteiger partial charge in [0.1, 0.15) is 5.75 Å². The van der Waals surface area contributed by atoms with Gasteiger partial charge in [0.2, 0.25) is 0 Å². The Bertz CT molecular complexity index is 712. The molecule has 1 aliphatic carbocycles. The van der Waals surface area contributed by atoms with E-state index in [9.17, 15) is 4.21 Å². The molecule has 1 aromatic carbocycles. The molecule has 2 fully saturated rings. The van der Waals surface area contributed by atoms with Crippen LogP contribution in [0, 0.1) is 5.92 Å². The van der Waals surface area contributed by atoms with Crippen molar-refractivity contribution in [2.24, 2.45) is 10.9 Å². The van der Waals surface area contributed by atoms with Gasteiger partial charge in [-0.2, -0.15) is 0 Å². The van der Waals surface area contributed by atoms with E-state index in [0.29, 0.717) is 17.2 Å². The molecule has 1 aliphatic heterocycles. The summed E-state index contributed by atoms with van der Waals surface area (Å²) in [6.45, 7) is 5.04. The van der Waals surface area contributed by atoms with Gasteiger partial charge < -0.3 is 20.3 Å². The molecule has 0 radical (unpaired) electrons. The molecule has 1 heterocycles. The average Bonchev–Trinajstić information content (AvgIpc) is 3.25. The number of guanidine groups is 1. The zero-order valence-corrected chi connectivity index (χ0v) is 18.8. The second kappa shape index (κ2) is 10.9. The van der Waals surface area contributed by atoms with E-state index in [1.807, 2.05) is 20.0 Å². The highest BCUT2D eigenvalue weighted by Gasteiger charge is 2.27. The van der Waals surface area contributed by atoms with Crippen molar-refractivity contribution in [3.63, 3.8) is 0 Å². The molecule has 2 N–H and O–H groups in total. The smallest absolute Gasteiger partial charge is 0.191 e. The molecule has 1 aromatic rings. The summed E-state index contributed by atoms with van der Waals surface area (Å²) in [5.74, 6) is 3.13. The quantitative estimate of drug-likeness (QED) is 0.525. The van der Waals surface area contributed by atoms with E-state index >= 15 is 0 Å². The lowest BCUT2D eigenvalue weighted by molar-refractivity contribution is 0.412. The number of aliphatic imine (C=N–C) groups is 1. The van der Waals surface area contributed by atoms with Gasteiger partial charge in [0.25, 0.3) is 0 Å². The number of hydrogen-bond acceptors (Lipinski definition) is 4. The molecule has 1 saturated carbocycles. The summed E-state index contributed by atoms with van der Waals surface area (Å²) < 4.78 is 17.5. The first-order chi connectivity index (χ1) is 14.1. The summed E-state index contributed by atoms with van der Waals surface area (Å²) >= 11 is 0. The topological polar surface area (TPSA) is 66.0 Å². The van der Waals surface area contributed by atoms with Gasteiger partial charge in [0.15, 0.2) is 5.96 Å². The Balaban J connectivity index is 1.45. The molecular formula is C22H36N4O2S. The van der Waals surface area contributed by atoms with Crippen LogP contribution >= 0.6 is 0 Å². The Morgan fingerprint density at radius 3 is 2.97 bits per heavy atom. The fourth-order valence-electron chi connectivity index (χ4n) is 4.42. The Hall–Kier alpha value is -1.76. The molecule has 1 saturated heterocycles. The lowest BCUT2D eigenvalue weighted by Crippen LogP contribution is -2.47. The van der Waals surface area contributed by atoms with Gasteiger partial charge in [0, 0.05) is 66.3 Å². The molecule has 4 unspecified atom stereocenters. The van der Waals surface area contributed by atoms with Gasteiger partial charge >= 0.3 is 0 Å². The van der Waals surface area contributed by atoms with Crippen LogP contribution in [0.4, 0.5) is 5.69 Å². The fourth-order valence-corrected chi connectivity index (χ4v) is 5.77. The minimum Gasteiger partial charge on any atom is -0.497 e. The highest BCUT2D eigenvalue weighted by Crippen LogP contribution is 2.27. The molecule has 2 aliphatic rings. The van der Waals surface area contributed by atoms with E-state index in [2.05, 4.69) is 38.7 Å². The van der Waals surface area contributed by atoms with Crippen molar-refractivity contribution in [2.75, 3.05) is 44.4 Å². The summed E-state index contributed by atoms with van der Waals surface area (Å²) in [4.78, 5) is 6.85. The highest BCUT2D eigenvalue weighted by molar-refractivity contribution is 7.85. The number of hydrogen-bond donors (Lipinski definition) is 2. The molecule has 0 aromatic heterocycles. The number of rotatable bonds is 7. The van der Waals surface area contributed by atoms with Gasteiger partial charge in [-0.05, 0) is 43.7 Å². The molecule has 162 valence electrons. The second-order valence-electron chi connectivity index (χ2n) is 8.05. The standard InChI is InChI=1S/C22H36N4O2S/c1-4-29(27)21-10-5-7-18(13-21)25-22(23-2)24-15-17-11-12-26(16-17)19-8-6-9-20(14-19)28-3/h6,8-9,14,17-18,21H,4-5,7,10-13,15-16H2,1-3H3,(H2,23,24,25). The van der Waals surface area contributed by atoms with Crippen LogP contribution in [0.2, 0.25) is 0 Å². The minimum absolute atomic E-state index is 0.329. The van der Waals surface area contributed by atoms with E-state index in [0.717, 1.165) is 62.8 Å². The third kappa shape index (κ3) is 6.11. The fraction of sp³-hybridized carbons (Fsp3) is 0.682. The lowest BCUT2D eigenvalue weighted by atomic mass is 9.95. The van der Waals surface area contributed by atoms with Gasteiger partial charge in [-0.3, -0.25) is 9.20 Å². The maximum atomic E-state index is 12.2. The number of nitrogens with zero attached hydrogens (tertiary/aromatic N) is 2. The first-order valence-corrected chi connectivity index (χ1v) is 12.2. The van der Waals surface area contributed by atoms with E-state index in [4.69, 9.17) is 4.74 Å². The molecule has 3 rings (SSSR count). The largest absolute Gasteiger partial charge is 0.497 e. The Kier molecular flexibility index (Phi) is 8.21. The third-order valence-electron chi connectivity index (χ3n) is 6.11. The molecule has 0 amide bonds. The van der Waals surface area contributed by atoms with Gasteiger partial charge in [-0.25, -0.2) is 0 Å². The van der Waals surface area contributed by atoms with Crippen LogP contribution in [-0.2, 0) is 10.8 Å². The van der Waals surface area contributed by atoms with Crippen molar-refractivity contribution >= 4 is 22.4 Å². The van der Waals surface area contributed by atoms with Crippen molar-refractivity contribution in [3.8, 4) is 5.75 Å². The predicted molar refractivity (Wildman–Crippen MR) is 123 cm³/mol. The number of ether oxygens (including phenoxy) is 1. The van der Waals surface area contributed by atoms with E-state index in [1.165, 1.54) is 12.1 Å². The van der Waals surface area contributed by atoms with Crippen LogP contribution in [0.15, 0.2) is 29.3 Å². The van der Waals surface area contributed by atoms with Crippen LogP contribution < -0.4 is 20.3 Å². The molecular weight excluding hydrogens is 384 g/mol. The summed E-state index contributed by atoms with van der Waals surface area (Å²) in [7, 11) is 2.85. The number of anilines is 1. The predicted octanol–water partition coefficient (Wildman–Crippen LogP) is 2.77. The highest BCUT2D eigenvalue weighted by atomic mass is 32.2. The van der Waals surface area contributed by atoms with Crippen molar-refractivity contribution in [1.82, 2.24) is 10.6 Å². The average molecular weight is 421 g/mol. The van der Waals surface area contributed by atoms with Crippen molar-refractivity contribution in [1.29, 1.82) is 0 Å². The number of nitrogens with one attached hydrogen (secondary N) is 2. The van der Waals surface area contributed by atoms with Crippen molar-refractivity contribution in [2.45, 2.75) is 50.3 Å². The molecule has 4 atom stereocenters. The lowest BCUT2D eigenvalue weighted by Gasteiger charge is -2.30. The Morgan fingerprint density at radius 2 is 2.21 bits per heavy atom. The van der Waals surface area contributed by atoms with Gasteiger partial charge in [0.05, 0.1) is 7.11 Å². The van der Waals surface area contributed by atoms with Crippen LogP contribution in [0.3, 0.4) is 0 Å². The first-order valence-electron chi connectivity index (χ1n) is 10.9. The molecule has 7 heteroatoms. The minimum atomic E-state index is -0.696. The molecule has 29 heavy (non-hydrogen) atoms. The van der Waals surface area contributed by atoms with Crippen LogP contribution in [0.1, 0.15) is 39.0 Å². The SMILES string of the molecule is CCS(=O)C1CCCC(NC(=NC)NCC2CCN(c3cccc(OC)c3)C2)C1. The summed E-state index contributed by atoms with van der Waals surface area (Å²) in [6.07, 6.45) is 5.51. The van der Waals surface area contributed by atoms with Crippen molar-refractivity contribution < 1.29 is 8.95 Å². The van der Waals surface area contributed by atoms with Gasteiger partial charge in [-0.15, -0.1) is 0 Å². The van der Waals surface area contributed by atoms with E-state index in [1.54, 1.807) is 7.11 Å². The zero-order valence-electron chi connectivity index (χ0n) is 18.0. The maximum Gasteiger partial charge on any atom is 0.191 e. The molecule has 6 nitrogen and oxygen atoms in total. The van der Waals surface area contributed by atoms with E-state index < -0.39 is 10.8 Å². The molecule has 0 spiro atoms. The second-order valence-corrected chi connectivity index (χ2v) is 10.1. The summed E-state index contributed by atoms with van der Waals surface area (Å²) in [5, 5.41) is 7.42.